The van der Waals surface area contributed by atoms with Crippen LogP contribution in [0.1, 0.15) is 40.5 Å². The monoisotopic (exact) mass is 424 g/mol. The number of ether oxygens (including phenoxy) is 1. The highest BCUT2D eigenvalue weighted by Gasteiger charge is 2.74. The molecule has 7 nitrogen and oxygen atoms in total. The number of carbonyl (C=O) groups is 3. The van der Waals surface area contributed by atoms with Gasteiger partial charge in [-0.1, -0.05) is 6.08 Å². The molecular formula is C21H32N2O5S. The van der Waals surface area contributed by atoms with Crippen LogP contribution in [0, 0.1) is 11.8 Å². The minimum absolute atomic E-state index is 0.00298. The van der Waals surface area contributed by atoms with Crippen molar-refractivity contribution in [1.29, 1.82) is 0 Å². The highest BCUT2D eigenvalue weighted by Crippen LogP contribution is 2.66. The summed E-state index contributed by atoms with van der Waals surface area (Å²) in [5.74, 6) is -1.79. The third-order valence-corrected chi connectivity index (χ3v) is 8.45. The van der Waals surface area contributed by atoms with Crippen LogP contribution in [-0.2, 0) is 19.1 Å². The van der Waals surface area contributed by atoms with E-state index >= 15 is 0 Å². The Morgan fingerprint density at radius 1 is 1.45 bits per heavy atom. The van der Waals surface area contributed by atoms with Crippen molar-refractivity contribution in [2.24, 2.45) is 11.8 Å². The summed E-state index contributed by atoms with van der Waals surface area (Å²) in [6.07, 6.45) is 3.18. The Hall–Kier alpha value is -1.54. The fourth-order valence-electron chi connectivity index (χ4n) is 5.29. The van der Waals surface area contributed by atoms with Crippen molar-refractivity contribution in [2.45, 2.75) is 68.7 Å². The maximum Gasteiger partial charge on any atom is 0.310 e. The second kappa shape index (κ2) is 8.30. The molecule has 2 unspecified atom stereocenters. The van der Waals surface area contributed by atoms with Gasteiger partial charge >= 0.3 is 5.97 Å². The number of thioether (sulfide) groups is 1. The average Bonchev–Trinajstić information content (AvgIpc) is 3.32. The van der Waals surface area contributed by atoms with Gasteiger partial charge in [-0.05, 0) is 40.5 Å². The van der Waals surface area contributed by atoms with Crippen LogP contribution in [0.3, 0.4) is 0 Å². The van der Waals surface area contributed by atoms with Crippen LogP contribution in [0.15, 0.2) is 12.7 Å². The summed E-state index contributed by atoms with van der Waals surface area (Å²) in [7, 11) is 0. The fourth-order valence-corrected chi connectivity index (χ4v) is 7.48. The van der Waals surface area contributed by atoms with Crippen LogP contribution in [0.2, 0.25) is 0 Å². The third kappa shape index (κ3) is 3.28. The number of carbonyl (C=O) groups excluding carboxylic acids is 3. The number of likely N-dealkylation sites (tertiary alicyclic amines) is 1. The van der Waals surface area contributed by atoms with E-state index in [0.29, 0.717) is 13.0 Å². The highest BCUT2D eigenvalue weighted by molar-refractivity contribution is 8.02. The molecule has 162 valence electrons. The first kappa shape index (κ1) is 22.2. The number of aliphatic hydroxyl groups excluding tert-OH is 1. The molecule has 0 aromatic rings. The summed E-state index contributed by atoms with van der Waals surface area (Å²) in [5, 5.41) is 9.82. The van der Waals surface area contributed by atoms with E-state index in [4.69, 9.17) is 4.74 Å². The number of rotatable bonds is 8. The Kier molecular flexibility index (Phi) is 6.34. The van der Waals surface area contributed by atoms with Gasteiger partial charge in [0.05, 0.1) is 35.8 Å². The maximum atomic E-state index is 13.8. The normalized spacial score (nSPS) is 33.7. The van der Waals surface area contributed by atoms with E-state index in [1.54, 1.807) is 41.5 Å². The van der Waals surface area contributed by atoms with Crippen LogP contribution in [0.4, 0.5) is 0 Å². The van der Waals surface area contributed by atoms with E-state index in [1.165, 1.54) is 0 Å². The molecule has 6 atom stereocenters. The van der Waals surface area contributed by atoms with Crippen LogP contribution < -0.4 is 0 Å². The first-order valence-corrected chi connectivity index (χ1v) is 11.3. The molecule has 8 heteroatoms. The van der Waals surface area contributed by atoms with Crippen molar-refractivity contribution < 1.29 is 24.2 Å². The van der Waals surface area contributed by atoms with Crippen molar-refractivity contribution in [3.63, 3.8) is 0 Å². The SMILES string of the molecule is C=CCN(C(=O)C1N([C@H](C)CO)C(=O)[C@@H]2[C@@H](C(=O)OCC)[C@H]3CCC12S3)C(C)C. The summed E-state index contributed by atoms with van der Waals surface area (Å²) >= 11 is 1.61. The molecule has 1 N–H and O–H groups in total. The molecule has 0 aliphatic carbocycles. The Morgan fingerprint density at radius 2 is 2.14 bits per heavy atom. The Labute approximate surface area is 176 Å². The molecular weight excluding hydrogens is 392 g/mol. The lowest BCUT2D eigenvalue weighted by molar-refractivity contribution is -0.154. The zero-order valence-electron chi connectivity index (χ0n) is 17.7. The molecule has 3 saturated heterocycles. The summed E-state index contributed by atoms with van der Waals surface area (Å²) < 4.78 is 4.65. The van der Waals surface area contributed by atoms with Gasteiger partial charge in [0.1, 0.15) is 6.04 Å². The zero-order chi connectivity index (χ0) is 21.5. The highest BCUT2D eigenvalue weighted by atomic mass is 32.2. The largest absolute Gasteiger partial charge is 0.466 e. The van der Waals surface area contributed by atoms with Gasteiger partial charge in [-0.15, -0.1) is 18.3 Å². The van der Waals surface area contributed by atoms with Crippen molar-refractivity contribution >= 4 is 29.5 Å². The van der Waals surface area contributed by atoms with E-state index in [2.05, 4.69) is 6.58 Å². The van der Waals surface area contributed by atoms with E-state index in [-0.39, 0.29) is 42.3 Å². The lowest BCUT2D eigenvalue weighted by Gasteiger charge is -2.40. The van der Waals surface area contributed by atoms with E-state index in [1.807, 2.05) is 13.8 Å². The lowest BCUT2D eigenvalue weighted by atomic mass is 9.71. The number of amides is 2. The smallest absolute Gasteiger partial charge is 0.310 e. The molecule has 0 aromatic heterocycles. The number of nitrogens with zero attached hydrogens (tertiary/aromatic N) is 2. The summed E-state index contributed by atoms with van der Waals surface area (Å²) in [4.78, 5) is 43.3. The predicted octanol–water partition coefficient (Wildman–Crippen LogP) is 1.44. The van der Waals surface area contributed by atoms with Crippen LogP contribution in [0.5, 0.6) is 0 Å². The lowest BCUT2D eigenvalue weighted by Crippen LogP contribution is -2.58. The minimum atomic E-state index is -0.695. The van der Waals surface area contributed by atoms with Gasteiger partial charge in [-0.3, -0.25) is 14.4 Å². The van der Waals surface area contributed by atoms with Crippen molar-refractivity contribution in [3.05, 3.63) is 12.7 Å². The van der Waals surface area contributed by atoms with Gasteiger partial charge in [0.25, 0.3) is 0 Å². The topological polar surface area (TPSA) is 87.2 Å². The number of hydrogen-bond donors (Lipinski definition) is 1. The van der Waals surface area contributed by atoms with Crippen LogP contribution >= 0.6 is 11.8 Å². The van der Waals surface area contributed by atoms with Crippen molar-refractivity contribution in [2.75, 3.05) is 19.8 Å². The number of fused-ring (bicyclic) bond motifs is 1. The number of aliphatic hydroxyl groups is 1. The third-order valence-electron chi connectivity index (χ3n) is 6.50. The number of esters is 1. The van der Waals surface area contributed by atoms with E-state index in [0.717, 1.165) is 6.42 Å². The Bertz CT molecular complexity index is 699. The molecule has 29 heavy (non-hydrogen) atoms. The molecule has 3 rings (SSSR count). The van der Waals surface area contributed by atoms with Gasteiger partial charge < -0.3 is 19.6 Å². The summed E-state index contributed by atoms with van der Waals surface area (Å²) in [6.45, 7) is 11.6. The molecule has 3 fully saturated rings. The molecule has 0 aromatic carbocycles. The Morgan fingerprint density at radius 3 is 2.69 bits per heavy atom. The molecule has 2 amide bonds. The zero-order valence-corrected chi connectivity index (χ0v) is 18.5. The first-order chi connectivity index (χ1) is 13.7. The fraction of sp³-hybridized carbons (Fsp3) is 0.762. The van der Waals surface area contributed by atoms with Crippen LogP contribution in [-0.4, -0.2) is 80.6 Å². The van der Waals surface area contributed by atoms with Crippen molar-refractivity contribution in [3.8, 4) is 0 Å². The van der Waals surface area contributed by atoms with Gasteiger partial charge in [0.15, 0.2) is 0 Å². The van der Waals surface area contributed by atoms with E-state index in [9.17, 15) is 19.5 Å². The molecule has 3 heterocycles. The second-order valence-electron chi connectivity index (χ2n) is 8.46. The molecule has 1 spiro atoms. The molecule has 0 saturated carbocycles. The molecule has 0 radical (unpaired) electrons. The second-order valence-corrected chi connectivity index (χ2v) is 10.1. The number of hydrogen-bond acceptors (Lipinski definition) is 6. The van der Waals surface area contributed by atoms with Gasteiger partial charge in [0.2, 0.25) is 11.8 Å². The van der Waals surface area contributed by atoms with Crippen LogP contribution in [0.25, 0.3) is 0 Å². The average molecular weight is 425 g/mol. The summed E-state index contributed by atoms with van der Waals surface area (Å²) in [6, 6.07) is -1.25. The quantitative estimate of drug-likeness (QED) is 0.469. The molecule has 2 bridgehead atoms. The van der Waals surface area contributed by atoms with Gasteiger partial charge in [-0.2, -0.15) is 0 Å². The minimum Gasteiger partial charge on any atom is -0.466 e. The van der Waals surface area contributed by atoms with E-state index < -0.39 is 28.7 Å². The Balaban J connectivity index is 2.06. The predicted molar refractivity (Wildman–Crippen MR) is 111 cm³/mol. The first-order valence-electron chi connectivity index (χ1n) is 10.4. The molecule has 3 aliphatic heterocycles. The van der Waals surface area contributed by atoms with Gasteiger partial charge in [-0.25, -0.2) is 0 Å². The summed E-state index contributed by atoms with van der Waals surface area (Å²) in [5.41, 5.74) is 0. The van der Waals surface area contributed by atoms with Crippen molar-refractivity contribution in [1.82, 2.24) is 9.80 Å². The van der Waals surface area contributed by atoms with Gasteiger partial charge in [0, 0.05) is 17.8 Å². The maximum absolute atomic E-state index is 13.8. The standard InChI is InChI=1S/C21H32N2O5S/c1-6-10-22(12(3)4)19(26)17-21-9-8-14(29-21)15(20(27)28-7-2)16(21)18(25)23(17)13(5)11-24/h6,12-17,24H,1,7-11H2,2-5H3/t13-,14-,15+,16+,17?,21?/m1/s1. The molecule has 3 aliphatic rings.